The van der Waals surface area contributed by atoms with Crippen LogP contribution in [0.3, 0.4) is 0 Å². The standard InChI is InChI=1S/C14H12BrIO/c15-12-7-5-10(6-8-12)14(17)9-11-3-1-2-4-13(11)16/h1-8,14,17H,9H2. The molecule has 2 aromatic carbocycles. The lowest BCUT2D eigenvalue weighted by atomic mass is 10.0. The van der Waals surface area contributed by atoms with Gasteiger partial charge in [0.25, 0.3) is 0 Å². The van der Waals surface area contributed by atoms with Crippen LogP contribution in [0.5, 0.6) is 0 Å². The molecule has 0 aliphatic heterocycles. The van der Waals surface area contributed by atoms with Gasteiger partial charge in [-0.15, -0.1) is 0 Å². The van der Waals surface area contributed by atoms with Gasteiger partial charge in [0.05, 0.1) is 6.10 Å². The Labute approximate surface area is 123 Å². The summed E-state index contributed by atoms with van der Waals surface area (Å²) in [6, 6.07) is 15.9. The Kier molecular flexibility index (Phi) is 4.59. The quantitative estimate of drug-likeness (QED) is 0.757. The van der Waals surface area contributed by atoms with E-state index in [1.807, 2.05) is 36.4 Å². The molecule has 0 saturated heterocycles. The number of benzene rings is 2. The third-order valence-corrected chi connectivity index (χ3v) is 4.21. The first-order valence-electron chi connectivity index (χ1n) is 5.34. The first-order valence-corrected chi connectivity index (χ1v) is 7.21. The highest BCUT2D eigenvalue weighted by Crippen LogP contribution is 2.22. The van der Waals surface area contributed by atoms with Crippen LogP contribution in [-0.2, 0) is 6.42 Å². The van der Waals surface area contributed by atoms with Crippen molar-refractivity contribution < 1.29 is 5.11 Å². The third kappa shape index (κ3) is 3.53. The monoisotopic (exact) mass is 402 g/mol. The van der Waals surface area contributed by atoms with Crippen molar-refractivity contribution in [3.8, 4) is 0 Å². The maximum Gasteiger partial charge on any atom is 0.0830 e. The summed E-state index contributed by atoms with van der Waals surface area (Å²) < 4.78 is 2.23. The van der Waals surface area contributed by atoms with Crippen LogP contribution in [0.4, 0.5) is 0 Å². The third-order valence-electron chi connectivity index (χ3n) is 2.63. The van der Waals surface area contributed by atoms with Crippen LogP contribution in [0.15, 0.2) is 53.0 Å². The zero-order valence-electron chi connectivity index (χ0n) is 9.11. The zero-order chi connectivity index (χ0) is 12.3. The average Bonchev–Trinajstić information content (AvgIpc) is 2.33. The molecule has 0 radical (unpaired) electrons. The maximum absolute atomic E-state index is 10.2. The minimum absolute atomic E-state index is 0.445. The van der Waals surface area contributed by atoms with Crippen LogP contribution < -0.4 is 0 Å². The Balaban J connectivity index is 2.14. The van der Waals surface area contributed by atoms with Crippen LogP contribution in [0.1, 0.15) is 17.2 Å². The Bertz CT molecular complexity index is 496. The van der Waals surface area contributed by atoms with Crippen LogP contribution in [0.2, 0.25) is 0 Å². The van der Waals surface area contributed by atoms with Gasteiger partial charge in [-0.25, -0.2) is 0 Å². The topological polar surface area (TPSA) is 20.2 Å². The molecule has 2 aromatic rings. The van der Waals surface area contributed by atoms with Gasteiger partial charge in [-0.1, -0.05) is 46.3 Å². The molecule has 1 N–H and O–H groups in total. The van der Waals surface area contributed by atoms with Crippen LogP contribution >= 0.6 is 38.5 Å². The lowest BCUT2D eigenvalue weighted by molar-refractivity contribution is 0.178. The minimum Gasteiger partial charge on any atom is -0.388 e. The molecule has 0 aliphatic rings. The van der Waals surface area contributed by atoms with Crippen LogP contribution in [0, 0.1) is 3.57 Å². The number of hydrogen-bond donors (Lipinski definition) is 1. The van der Waals surface area contributed by atoms with Crippen molar-refractivity contribution in [2.45, 2.75) is 12.5 Å². The number of halogens is 2. The molecule has 0 bridgehead atoms. The number of aliphatic hydroxyl groups is 1. The van der Waals surface area contributed by atoms with Crippen LogP contribution in [-0.4, -0.2) is 5.11 Å². The van der Waals surface area contributed by atoms with Crippen molar-refractivity contribution in [3.05, 3.63) is 67.7 Å². The second-order valence-electron chi connectivity index (χ2n) is 3.86. The molecule has 0 spiro atoms. The van der Waals surface area contributed by atoms with Gasteiger partial charge >= 0.3 is 0 Å². The second-order valence-corrected chi connectivity index (χ2v) is 5.94. The predicted molar refractivity (Wildman–Crippen MR) is 82.0 cm³/mol. The molecule has 2 rings (SSSR count). The molecule has 0 aromatic heterocycles. The first kappa shape index (κ1) is 13.1. The summed E-state index contributed by atoms with van der Waals surface area (Å²) in [7, 11) is 0. The van der Waals surface area contributed by atoms with Crippen molar-refractivity contribution in [2.24, 2.45) is 0 Å². The molecule has 0 saturated carbocycles. The van der Waals surface area contributed by atoms with Gasteiger partial charge in [-0.2, -0.15) is 0 Å². The molecule has 0 aliphatic carbocycles. The van der Waals surface area contributed by atoms with Gasteiger partial charge in [-0.05, 0) is 51.9 Å². The molecule has 1 atom stereocenters. The lowest BCUT2D eigenvalue weighted by Crippen LogP contribution is -2.02. The molecular weight excluding hydrogens is 391 g/mol. The largest absolute Gasteiger partial charge is 0.388 e. The van der Waals surface area contributed by atoms with E-state index >= 15 is 0 Å². The van der Waals surface area contributed by atoms with Crippen molar-refractivity contribution in [1.82, 2.24) is 0 Å². The normalized spacial score (nSPS) is 12.4. The van der Waals surface area contributed by atoms with E-state index in [9.17, 15) is 5.11 Å². The van der Waals surface area contributed by atoms with Crippen LogP contribution in [0.25, 0.3) is 0 Å². The molecule has 1 nitrogen and oxygen atoms in total. The fourth-order valence-corrected chi connectivity index (χ4v) is 2.55. The van der Waals surface area contributed by atoms with E-state index in [2.05, 4.69) is 50.7 Å². The molecule has 3 heteroatoms. The Morgan fingerprint density at radius 1 is 1.06 bits per heavy atom. The molecule has 88 valence electrons. The number of hydrogen-bond acceptors (Lipinski definition) is 1. The van der Waals surface area contributed by atoms with E-state index in [1.54, 1.807) is 0 Å². The minimum atomic E-state index is -0.445. The summed E-state index contributed by atoms with van der Waals surface area (Å²) in [6.45, 7) is 0. The number of aliphatic hydroxyl groups excluding tert-OH is 1. The summed E-state index contributed by atoms with van der Waals surface area (Å²) in [4.78, 5) is 0. The highest BCUT2D eigenvalue weighted by molar-refractivity contribution is 14.1. The maximum atomic E-state index is 10.2. The SMILES string of the molecule is OC(Cc1ccccc1I)c1ccc(Br)cc1. The highest BCUT2D eigenvalue weighted by Gasteiger charge is 2.10. The van der Waals surface area contributed by atoms with Gasteiger partial charge < -0.3 is 5.11 Å². The van der Waals surface area contributed by atoms with Gasteiger partial charge in [-0.3, -0.25) is 0 Å². The van der Waals surface area contributed by atoms with Gasteiger partial charge in [0, 0.05) is 14.5 Å². The van der Waals surface area contributed by atoms with E-state index in [0.29, 0.717) is 6.42 Å². The van der Waals surface area contributed by atoms with Crippen molar-refractivity contribution in [3.63, 3.8) is 0 Å². The summed E-state index contributed by atoms with van der Waals surface area (Å²) in [5.74, 6) is 0. The zero-order valence-corrected chi connectivity index (χ0v) is 12.8. The van der Waals surface area contributed by atoms with Gasteiger partial charge in [0.2, 0.25) is 0 Å². The highest BCUT2D eigenvalue weighted by atomic mass is 127. The van der Waals surface area contributed by atoms with E-state index in [-0.39, 0.29) is 0 Å². The fourth-order valence-electron chi connectivity index (χ4n) is 1.68. The molecule has 0 amide bonds. The summed E-state index contributed by atoms with van der Waals surface area (Å²) in [6.07, 6.45) is 0.208. The second kappa shape index (κ2) is 5.98. The molecule has 17 heavy (non-hydrogen) atoms. The summed E-state index contributed by atoms with van der Waals surface area (Å²) in [5.41, 5.74) is 2.14. The predicted octanol–water partition coefficient (Wildman–Crippen LogP) is 4.33. The van der Waals surface area contributed by atoms with Crippen molar-refractivity contribution in [2.75, 3.05) is 0 Å². The Hall–Kier alpha value is -0.390. The molecule has 0 heterocycles. The molecule has 1 unspecified atom stereocenters. The average molecular weight is 403 g/mol. The van der Waals surface area contributed by atoms with E-state index in [1.165, 1.54) is 9.13 Å². The summed E-state index contributed by atoms with van der Waals surface area (Å²) in [5, 5.41) is 10.2. The van der Waals surface area contributed by atoms with Crippen molar-refractivity contribution in [1.29, 1.82) is 0 Å². The summed E-state index contributed by atoms with van der Waals surface area (Å²) >= 11 is 5.69. The van der Waals surface area contributed by atoms with Gasteiger partial charge in [0.15, 0.2) is 0 Å². The number of rotatable bonds is 3. The Morgan fingerprint density at radius 2 is 1.71 bits per heavy atom. The fraction of sp³-hybridized carbons (Fsp3) is 0.143. The van der Waals surface area contributed by atoms with E-state index in [4.69, 9.17) is 0 Å². The van der Waals surface area contributed by atoms with E-state index < -0.39 is 6.10 Å². The smallest absolute Gasteiger partial charge is 0.0830 e. The van der Waals surface area contributed by atoms with Gasteiger partial charge in [0.1, 0.15) is 0 Å². The Morgan fingerprint density at radius 3 is 2.35 bits per heavy atom. The van der Waals surface area contributed by atoms with E-state index in [0.717, 1.165) is 10.0 Å². The first-order chi connectivity index (χ1) is 8.16. The molecular formula is C14H12BrIO. The molecule has 0 fully saturated rings. The van der Waals surface area contributed by atoms with Crippen molar-refractivity contribution >= 4 is 38.5 Å². The lowest BCUT2D eigenvalue weighted by Gasteiger charge is -2.12.